The van der Waals surface area contributed by atoms with Gasteiger partial charge in [0.05, 0.1) is 13.2 Å². The molecule has 1 rings (SSSR count). The van der Waals surface area contributed by atoms with Crippen LogP contribution in [0.1, 0.15) is 6.92 Å². The lowest BCUT2D eigenvalue weighted by molar-refractivity contribution is -0.297. The van der Waals surface area contributed by atoms with Crippen LogP contribution in [0.15, 0.2) is 0 Å². The van der Waals surface area contributed by atoms with Crippen molar-refractivity contribution in [2.45, 2.75) is 31.0 Å². The standard InChI is InChI=1S/C8H15NO6/c1-4(11)9-7-6(13)5(12)2-15-8(7,14)3-10/h5-7,10,12-14H,2-3H2,1H3,(H,9,11)/t5-,6+,7-,8+/m1/s1. The summed E-state index contributed by atoms with van der Waals surface area (Å²) in [6, 6.07) is -1.26. The van der Waals surface area contributed by atoms with E-state index < -0.39 is 36.6 Å². The fraction of sp³-hybridized carbons (Fsp3) is 0.875. The second kappa shape index (κ2) is 4.42. The molecular weight excluding hydrogens is 206 g/mol. The summed E-state index contributed by atoms with van der Waals surface area (Å²) in [5, 5.41) is 39.7. The van der Waals surface area contributed by atoms with Crippen LogP contribution in [-0.2, 0) is 9.53 Å². The highest BCUT2D eigenvalue weighted by Crippen LogP contribution is 2.23. The van der Waals surface area contributed by atoms with Gasteiger partial charge in [0, 0.05) is 6.92 Å². The van der Waals surface area contributed by atoms with E-state index in [1.807, 2.05) is 0 Å². The second-order valence-electron chi connectivity index (χ2n) is 3.55. The van der Waals surface area contributed by atoms with Crippen LogP contribution in [0.25, 0.3) is 0 Å². The van der Waals surface area contributed by atoms with Gasteiger partial charge in [-0.15, -0.1) is 0 Å². The van der Waals surface area contributed by atoms with Crippen LogP contribution in [0.3, 0.4) is 0 Å². The molecule has 0 radical (unpaired) electrons. The number of rotatable bonds is 2. The minimum Gasteiger partial charge on any atom is -0.391 e. The highest BCUT2D eigenvalue weighted by atomic mass is 16.6. The number of aliphatic hydroxyl groups is 4. The molecule has 4 atom stereocenters. The third kappa shape index (κ3) is 2.44. The zero-order chi connectivity index (χ0) is 11.6. The van der Waals surface area contributed by atoms with Crippen molar-refractivity contribution in [3.63, 3.8) is 0 Å². The van der Waals surface area contributed by atoms with Crippen molar-refractivity contribution in [1.29, 1.82) is 0 Å². The maximum Gasteiger partial charge on any atom is 0.217 e. The van der Waals surface area contributed by atoms with E-state index in [2.05, 4.69) is 5.32 Å². The van der Waals surface area contributed by atoms with Gasteiger partial charge in [-0.05, 0) is 0 Å². The number of amides is 1. The molecule has 0 bridgehead atoms. The molecule has 0 aromatic heterocycles. The Morgan fingerprint density at radius 1 is 1.60 bits per heavy atom. The quantitative estimate of drug-likeness (QED) is 0.337. The predicted molar refractivity (Wildman–Crippen MR) is 47.6 cm³/mol. The van der Waals surface area contributed by atoms with Crippen molar-refractivity contribution < 1.29 is 30.0 Å². The third-order valence-electron chi connectivity index (χ3n) is 2.31. The molecule has 15 heavy (non-hydrogen) atoms. The topological polar surface area (TPSA) is 119 Å². The molecule has 0 aromatic rings. The summed E-state index contributed by atoms with van der Waals surface area (Å²) in [6.45, 7) is 0.0849. The number of carbonyl (C=O) groups excluding carboxylic acids is 1. The molecular formula is C8H15NO6. The van der Waals surface area contributed by atoms with Crippen molar-refractivity contribution >= 4 is 5.91 Å². The Balaban J connectivity index is 2.84. The fourth-order valence-corrected chi connectivity index (χ4v) is 1.47. The largest absolute Gasteiger partial charge is 0.391 e. The van der Waals surface area contributed by atoms with Gasteiger partial charge in [0.2, 0.25) is 11.7 Å². The summed E-state index contributed by atoms with van der Waals surface area (Å²) in [6.07, 6.45) is -2.60. The number of nitrogens with one attached hydrogen (secondary N) is 1. The van der Waals surface area contributed by atoms with Gasteiger partial charge in [0.25, 0.3) is 0 Å². The normalized spacial score (nSPS) is 41.3. The van der Waals surface area contributed by atoms with Gasteiger partial charge in [0.1, 0.15) is 18.2 Å². The molecule has 1 heterocycles. The summed E-state index contributed by atoms with van der Waals surface area (Å²) in [7, 11) is 0. The van der Waals surface area contributed by atoms with Crippen LogP contribution in [-0.4, -0.2) is 63.6 Å². The molecule has 1 aliphatic heterocycles. The Hall–Kier alpha value is -0.730. The molecule has 0 unspecified atom stereocenters. The molecule has 1 saturated heterocycles. The number of hydrogen-bond donors (Lipinski definition) is 5. The molecule has 1 aliphatic rings. The first kappa shape index (κ1) is 12.3. The summed E-state index contributed by atoms with van der Waals surface area (Å²) in [5.74, 6) is -2.58. The first-order valence-corrected chi connectivity index (χ1v) is 4.51. The van der Waals surface area contributed by atoms with E-state index in [-0.39, 0.29) is 6.61 Å². The number of carbonyl (C=O) groups is 1. The Labute approximate surface area is 86.3 Å². The molecule has 0 aromatic carbocycles. The minimum absolute atomic E-state index is 0.311. The van der Waals surface area contributed by atoms with E-state index in [0.717, 1.165) is 0 Å². The van der Waals surface area contributed by atoms with Gasteiger partial charge in [-0.2, -0.15) is 0 Å². The highest BCUT2D eigenvalue weighted by molar-refractivity contribution is 5.73. The molecule has 1 fully saturated rings. The van der Waals surface area contributed by atoms with E-state index in [1.54, 1.807) is 0 Å². The highest BCUT2D eigenvalue weighted by Gasteiger charge is 2.49. The van der Waals surface area contributed by atoms with Gasteiger partial charge in [-0.25, -0.2) is 0 Å². The SMILES string of the molecule is CC(=O)N[C@@H]1[C@@H](O)[C@H](O)CO[C@@]1(O)CO. The minimum atomic E-state index is -2.07. The summed E-state index contributed by atoms with van der Waals surface area (Å²) >= 11 is 0. The lowest BCUT2D eigenvalue weighted by atomic mass is 9.94. The van der Waals surface area contributed by atoms with E-state index in [0.29, 0.717) is 0 Å². The van der Waals surface area contributed by atoms with E-state index >= 15 is 0 Å². The van der Waals surface area contributed by atoms with Gasteiger partial charge in [-0.1, -0.05) is 0 Å². The zero-order valence-corrected chi connectivity index (χ0v) is 8.25. The van der Waals surface area contributed by atoms with Crippen LogP contribution in [0.5, 0.6) is 0 Å². The Morgan fingerprint density at radius 3 is 2.67 bits per heavy atom. The van der Waals surface area contributed by atoms with Gasteiger partial charge >= 0.3 is 0 Å². The number of ether oxygens (including phenoxy) is 1. The first-order valence-electron chi connectivity index (χ1n) is 4.51. The molecule has 7 heteroatoms. The summed E-state index contributed by atoms with van der Waals surface area (Å²) < 4.78 is 4.79. The maximum atomic E-state index is 10.8. The molecule has 7 nitrogen and oxygen atoms in total. The first-order chi connectivity index (χ1) is 6.90. The Bertz CT molecular complexity index is 247. The number of aliphatic hydroxyl groups excluding tert-OH is 3. The molecule has 1 amide bonds. The lowest BCUT2D eigenvalue weighted by Crippen LogP contribution is -2.68. The zero-order valence-electron chi connectivity index (χ0n) is 8.25. The molecule has 0 saturated carbocycles. The van der Waals surface area contributed by atoms with Crippen LogP contribution >= 0.6 is 0 Å². The summed E-state index contributed by atoms with van der Waals surface area (Å²) in [5.41, 5.74) is 0. The van der Waals surface area contributed by atoms with E-state index in [4.69, 9.17) is 9.84 Å². The molecule has 0 aliphatic carbocycles. The van der Waals surface area contributed by atoms with E-state index in [9.17, 15) is 20.1 Å². The van der Waals surface area contributed by atoms with Gasteiger partial charge in [-0.3, -0.25) is 4.79 Å². The average molecular weight is 221 g/mol. The third-order valence-corrected chi connectivity index (χ3v) is 2.31. The lowest BCUT2D eigenvalue weighted by Gasteiger charge is -2.43. The predicted octanol–water partition coefficient (Wildman–Crippen LogP) is -3.08. The average Bonchev–Trinajstić information content (AvgIpc) is 2.19. The van der Waals surface area contributed by atoms with E-state index in [1.165, 1.54) is 6.92 Å². The molecule has 0 spiro atoms. The van der Waals surface area contributed by atoms with Crippen LogP contribution < -0.4 is 5.32 Å². The summed E-state index contributed by atoms with van der Waals surface area (Å²) in [4.78, 5) is 10.8. The Kier molecular flexibility index (Phi) is 3.63. The second-order valence-corrected chi connectivity index (χ2v) is 3.55. The Morgan fingerprint density at radius 2 is 2.20 bits per heavy atom. The van der Waals surface area contributed by atoms with Crippen molar-refractivity contribution in [3.8, 4) is 0 Å². The van der Waals surface area contributed by atoms with Crippen molar-refractivity contribution in [3.05, 3.63) is 0 Å². The van der Waals surface area contributed by atoms with Crippen molar-refractivity contribution in [1.82, 2.24) is 5.32 Å². The van der Waals surface area contributed by atoms with Crippen molar-refractivity contribution in [2.75, 3.05) is 13.2 Å². The van der Waals surface area contributed by atoms with Crippen LogP contribution in [0, 0.1) is 0 Å². The monoisotopic (exact) mass is 221 g/mol. The molecule has 5 N–H and O–H groups in total. The maximum absolute atomic E-state index is 10.8. The van der Waals surface area contributed by atoms with Crippen LogP contribution in [0.4, 0.5) is 0 Å². The fourth-order valence-electron chi connectivity index (χ4n) is 1.47. The smallest absolute Gasteiger partial charge is 0.217 e. The number of hydrogen-bond acceptors (Lipinski definition) is 6. The van der Waals surface area contributed by atoms with Crippen LogP contribution in [0.2, 0.25) is 0 Å². The molecule has 88 valence electrons. The van der Waals surface area contributed by atoms with Gasteiger partial charge < -0.3 is 30.5 Å². The van der Waals surface area contributed by atoms with Gasteiger partial charge in [0.15, 0.2) is 0 Å². The van der Waals surface area contributed by atoms with Crippen molar-refractivity contribution in [2.24, 2.45) is 0 Å².